The molecule has 0 radical (unpaired) electrons. The molecule has 0 aliphatic rings. The van der Waals surface area contributed by atoms with Gasteiger partial charge in [-0.25, -0.2) is 13.2 Å². The van der Waals surface area contributed by atoms with Crippen LogP contribution in [0.5, 0.6) is 0 Å². The van der Waals surface area contributed by atoms with Gasteiger partial charge < -0.3 is 10.1 Å². The fourth-order valence-electron chi connectivity index (χ4n) is 2.01. The highest BCUT2D eigenvalue weighted by Gasteiger charge is 2.26. The van der Waals surface area contributed by atoms with Gasteiger partial charge in [0.1, 0.15) is 10.6 Å². The maximum Gasteiger partial charge on any atom is 0.352 e. The second kappa shape index (κ2) is 4.67. The van der Waals surface area contributed by atoms with Crippen molar-refractivity contribution in [1.82, 2.24) is 14.8 Å². The molecule has 0 aliphatic heterocycles. The smallest absolute Gasteiger partial charge is 0.352 e. The second-order valence-electron chi connectivity index (χ2n) is 4.36. The number of aromatic amines is 1. The first-order valence-corrected chi connectivity index (χ1v) is 7.15. The molecule has 9 heteroatoms. The van der Waals surface area contributed by atoms with E-state index in [4.69, 9.17) is 5.11 Å². The molecule has 2 rings (SSSR count). The summed E-state index contributed by atoms with van der Waals surface area (Å²) in [5.74, 6) is -1.03. The highest BCUT2D eigenvalue weighted by molar-refractivity contribution is 7.92. The number of aromatic carboxylic acids is 1. The Kier molecular flexibility index (Phi) is 3.30. The molecule has 0 bridgehead atoms. The van der Waals surface area contributed by atoms with Crippen molar-refractivity contribution < 1.29 is 18.3 Å². The minimum Gasteiger partial charge on any atom is -0.477 e. The molecule has 3 N–H and O–H groups in total. The number of hydrogen-bond donors (Lipinski definition) is 3. The highest BCUT2D eigenvalue weighted by Crippen LogP contribution is 2.24. The van der Waals surface area contributed by atoms with Gasteiger partial charge in [-0.1, -0.05) is 0 Å². The molecule has 0 saturated heterocycles. The average molecular weight is 298 g/mol. The molecule has 20 heavy (non-hydrogen) atoms. The van der Waals surface area contributed by atoms with Gasteiger partial charge in [-0.3, -0.25) is 9.40 Å². The van der Waals surface area contributed by atoms with Crippen molar-refractivity contribution in [3.8, 4) is 0 Å². The second-order valence-corrected chi connectivity index (χ2v) is 5.98. The summed E-state index contributed by atoms with van der Waals surface area (Å²) >= 11 is 0. The summed E-state index contributed by atoms with van der Waals surface area (Å²) < 4.78 is 28.4. The number of hydrogen-bond acceptors (Lipinski definition) is 4. The monoisotopic (exact) mass is 298 g/mol. The number of anilines is 1. The minimum atomic E-state index is -3.89. The van der Waals surface area contributed by atoms with E-state index >= 15 is 0 Å². The molecule has 2 aromatic heterocycles. The molecular formula is C11H14N4O4S. The number of carbonyl (C=O) groups is 1. The van der Waals surface area contributed by atoms with Crippen LogP contribution < -0.4 is 4.72 Å². The fourth-order valence-corrected chi connectivity index (χ4v) is 3.45. The molecule has 0 atom stereocenters. The third-order valence-corrected chi connectivity index (χ3v) is 4.43. The first-order chi connectivity index (χ1) is 9.22. The van der Waals surface area contributed by atoms with Crippen molar-refractivity contribution >= 4 is 21.8 Å². The third-order valence-electron chi connectivity index (χ3n) is 2.80. The van der Waals surface area contributed by atoms with Gasteiger partial charge in [-0.05, 0) is 13.8 Å². The summed E-state index contributed by atoms with van der Waals surface area (Å²) in [4.78, 5) is 13.5. The quantitative estimate of drug-likeness (QED) is 0.774. The van der Waals surface area contributed by atoms with Crippen LogP contribution in [0.1, 0.15) is 21.7 Å². The summed E-state index contributed by atoms with van der Waals surface area (Å²) in [7, 11) is -2.23. The summed E-state index contributed by atoms with van der Waals surface area (Å²) in [6, 6.07) is 1.51. The van der Waals surface area contributed by atoms with Crippen LogP contribution in [0.15, 0.2) is 17.2 Å². The molecule has 0 aliphatic carbocycles. The van der Waals surface area contributed by atoms with Crippen LogP contribution in [0.2, 0.25) is 0 Å². The molecule has 108 valence electrons. The van der Waals surface area contributed by atoms with Gasteiger partial charge in [0.05, 0.1) is 0 Å². The Morgan fingerprint density at radius 3 is 2.55 bits per heavy atom. The lowest BCUT2D eigenvalue weighted by Crippen LogP contribution is -2.15. The van der Waals surface area contributed by atoms with E-state index in [1.807, 2.05) is 0 Å². The molecular weight excluding hydrogens is 284 g/mol. The van der Waals surface area contributed by atoms with E-state index in [9.17, 15) is 13.2 Å². The molecule has 0 unspecified atom stereocenters. The van der Waals surface area contributed by atoms with E-state index < -0.39 is 16.0 Å². The number of aryl methyl sites for hydroxylation is 2. The molecule has 2 heterocycles. The summed E-state index contributed by atoms with van der Waals surface area (Å²) in [6.45, 7) is 2.95. The van der Waals surface area contributed by atoms with Gasteiger partial charge in [-0.15, -0.1) is 0 Å². The lowest BCUT2D eigenvalue weighted by Gasteiger charge is -2.06. The van der Waals surface area contributed by atoms with E-state index in [2.05, 4.69) is 14.8 Å². The zero-order valence-corrected chi connectivity index (χ0v) is 11.9. The Morgan fingerprint density at radius 2 is 2.10 bits per heavy atom. The van der Waals surface area contributed by atoms with Gasteiger partial charge in [-0.2, -0.15) is 5.10 Å². The number of carboxylic acids is 1. The zero-order chi connectivity index (χ0) is 15.1. The fraction of sp³-hybridized carbons (Fsp3) is 0.273. The van der Waals surface area contributed by atoms with Crippen LogP contribution in [0, 0.1) is 13.8 Å². The van der Waals surface area contributed by atoms with Crippen molar-refractivity contribution in [3.63, 3.8) is 0 Å². The minimum absolute atomic E-state index is 0.0689. The number of rotatable bonds is 4. The molecule has 8 nitrogen and oxygen atoms in total. The van der Waals surface area contributed by atoms with Gasteiger partial charge in [0, 0.05) is 30.6 Å². The van der Waals surface area contributed by atoms with Crippen LogP contribution in [0.3, 0.4) is 0 Å². The molecule has 2 aromatic rings. The van der Waals surface area contributed by atoms with E-state index in [1.54, 1.807) is 13.2 Å². The van der Waals surface area contributed by atoms with Crippen molar-refractivity contribution in [1.29, 1.82) is 0 Å². The van der Waals surface area contributed by atoms with Crippen LogP contribution in [0.4, 0.5) is 5.82 Å². The maximum atomic E-state index is 12.3. The predicted octanol–water partition coefficient (Wildman–Crippen LogP) is 0.864. The highest BCUT2D eigenvalue weighted by atomic mass is 32.2. The van der Waals surface area contributed by atoms with Crippen molar-refractivity contribution in [2.45, 2.75) is 18.7 Å². The van der Waals surface area contributed by atoms with Crippen LogP contribution in [0.25, 0.3) is 0 Å². The maximum absolute atomic E-state index is 12.3. The standard InChI is InChI=1S/C11H14N4O4S/c1-6-9(11(16)17)12-7(2)10(6)20(18,19)14-8-4-5-15(3)13-8/h4-5,12H,1-3H3,(H,13,14)(H,16,17). The van der Waals surface area contributed by atoms with Crippen LogP contribution in [-0.2, 0) is 17.1 Å². The predicted molar refractivity (Wildman–Crippen MR) is 71.2 cm³/mol. The topological polar surface area (TPSA) is 117 Å². The van der Waals surface area contributed by atoms with Gasteiger partial charge in [0.25, 0.3) is 10.0 Å². The van der Waals surface area contributed by atoms with E-state index in [1.165, 1.54) is 24.6 Å². The van der Waals surface area contributed by atoms with E-state index in [0.29, 0.717) is 0 Å². The van der Waals surface area contributed by atoms with E-state index in [-0.39, 0.29) is 27.7 Å². The largest absolute Gasteiger partial charge is 0.477 e. The SMILES string of the molecule is Cc1[nH]c(C(=O)O)c(C)c1S(=O)(=O)Nc1ccn(C)n1. The lowest BCUT2D eigenvalue weighted by molar-refractivity contribution is 0.0690. The lowest BCUT2D eigenvalue weighted by atomic mass is 10.2. The third kappa shape index (κ3) is 2.39. The molecule has 0 fully saturated rings. The normalized spacial score (nSPS) is 11.6. The number of sulfonamides is 1. The molecule has 0 saturated carbocycles. The summed E-state index contributed by atoms with van der Waals surface area (Å²) in [6.07, 6.45) is 1.59. The Balaban J connectivity index is 2.47. The van der Waals surface area contributed by atoms with Gasteiger partial charge in [0.2, 0.25) is 0 Å². The van der Waals surface area contributed by atoms with Gasteiger partial charge in [0.15, 0.2) is 5.82 Å². The summed E-state index contributed by atoms with van der Waals surface area (Å²) in [5.41, 5.74) is 0.297. The van der Waals surface area contributed by atoms with Crippen LogP contribution >= 0.6 is 0 Å². The Labute approximate surface area is 115 Å². The number of nitrogens with one attached hydrogen (secondary N) is 2. The molecule has 0 amide bonds. The van der Waals surface area contributed by atoms with E-state index in [0.717, 1.165) is 0 Å². The van der Waals surface area contributed by atoms with Crippen molar-refractivity contribution in [2.24, 2.45) is 7.05 Å². The number of carboxylic acid groups (broad SMARTS) is 1. The van der Waals surface area contributed by atoms with Crippen molar-refractivity contribution in [3.05, 3.63) is 29.2 Å². The number of aromatic nitrogens is 3. The molecule has 0 spiro atoms. The Morgan fingerprint density at radius 1 is 1.45 bits per heavy atom. The Bertz CT molecular complexity index is 772. The first-order valence-electron chi connectivity index (χ1n) is 5.67. The molecule has 0 aromatic carbocycles. The van der Waals surface area contributed by atoms with Crippen LogP contribution in [-0.4, -0.2) is 34.3 Å². The Hall–Kier alpha value is -2.29. The van der Waals surface area contributed by atoms with Crippen molar-refractivity contribution in [2.75, 3.05) is 4.72 Å². The average Bonchev–Trinajstić information content (AvgIpc) is 2.82. The number of H-pyrrole nitrogens is 1. The zero-order valence-electron chi connectivity index (χ0n) is 11.1. The van der Waals surface area contributed by atoms with Gasteiger partial charge >= 0.3 is 5.97 Å². The first kappa shape index (κ1) is 14.1. The number of nitrogens with zero attached hydrogens (tertiary/aromatic N) is 2. The summed E-state index contributed by atoms with van der Waals surface area (Å²) in [5, 5.41) is 12.9.